The number of aliphatic hydroxyl groups is 1. The fraction of sp³-hybridized carbons (Fsp3) is 0.800. The maximum atomic E-state index is 10.4. The van der Waals surface area contributed by atoms with Crippen molar-refractivity contribution in [2.24, 2.45) is 5.73 Å². The molecule has 0 fully saturated rings. The van der Waals surface area contributed by atoms with Crippen molar-refractivity contribution in [2.45, 2.75) is 19.4 Å². The molecule has 0 aliphatic heterocycles. The highest BCUT2D eigenvalue weighted by Gasteiger charge is 2.08. The van der Waals surface area contributed by atoms with E-state index < -0.39 is 6.10 Å². The van der Waals surface area contributed by atoms with Gasteiger partial charge in [-0.15, -0.1) is 0 Å². The molecule has 8 heavy (non-hydrogen) atoms. The third-order valence-electron chi connectivity index (χ3n) is 0.943. The van der Waals surface area contributed by atoms with Gasteiger partial charge in [-0.3, -0.25) is 4.79 Å². The van der Waals surface area contributed by atoms with Gasteiger partial charge in [0.2, 0.25) is 0 Å². The number of Topliss-reactive ketones (excluding diaryl/α,β-unsaturated/α-hetero) is 1. The number of hydrogen-bond acceptors (Lipinski definition) is 3. The van der Waals surface area contributed by atoms with Gasteiger partial charge in [-0.05, 0) is 0 Å². The van der Waals surface area contributed by atoms with Crippen molar-refractivity contribution >= 4 is 5.78 Å². The lowest BCUT2D eigenvalue weighted by Crippen LogP contribution is -2.28. The molecule has 0 saturated carbocycles. The molecule has 0 spiro atoms. The van der Waals surface area contributed by atoms with Crippen molar-refractivity contribution in [1.29, 1.82) is 0 Å². The molecule has 0 unspecified atom stereocenters. The van der Waals surface area contributed by atoms with Crippen LogP contribution in [0.2, 0.25) is 0 Å². The minimum atomic E-state index is -0.944. The molecule has 0 aromatic heterocycles. The predicted octanol–water partition coefficient (Wildman–Crippen LogP) is -0.715. The molecule has 3 heteroatoms. The fourth-order valence-electron chi connectivity index (χ4n) is 0.367. The Labute approximate surface area is 48.5 Å². The van der Waals surface area contributed by atoms with Crippen molar-refractivity contribution in [1.82, 2.24) is 0 Å². The Morgan fingerprint density at radius 1 is 1.88 bits per heavy atom. The molecule has 0 aliphatic carbocycles. The molecule has 0 aromatic carbocycles. The normalized spacial score (nSPS) is 13.4. The Morgan fingerprint density at radius 2 is 2.38 bits per heavy atom. The van der Waals surface area contributed by atoms with Crippen LogP contribution in [0.15, 0.2) is 0 Å². The standard InChI is InChI=1S/C5H11NO2/c1-2-4(7)5(8)3-6/h5,8H,2-3,6H2,1H3/t5-/m0/s1. The van der Waals surface area contributed by atoms with Crippen LogP contribution in [0.5, 0.6) is 0 Å². The Bertz CT molecular complexity index is 82.5. The Kier molecular flexibility index (Phi) is 3.39. The lowest BCUT2D eigenvalue weighted by molar-refractivity contribution is -0.126. The molecule has 3 N–H and O–H groups in total. The summed E-state index contributed by atoms with van der Waals surface area (Å²) >= 11 is 0. The van der Waals surface area contributed by atoms with Crippen LogP contribution in [0.25, 0.3) is 0 Å². The minimum absolute atomic E-state index is 0.0344. The number of aliphatic hydroxyl groups excluding tert-OH is 1. The van der Waals surface area contributed by atoms with Crippen molar-refractivity contribution < 1.29 is 9.90 Å². The first-order valence-corrected chi connectivity index (χ1v) is 2.63. The molecule has 0 aromatic rings. The van der Waals surface area contributed by atoms with E-state index in [1.165, 1.54) is 0 Å². The molecular formula is C5H11NO2. The monoisotopic (exact) mass is 117 g/mol. The third-order valence-corrected chi connectivity index (χ3v) is 0.943. The topological polar surface area (TPSA) is 63.3 Å². The van der Waals surface area contributed by atoms with Crippen LogP contribution in [-0.4, -0.2) is 23.5 Å². The summed E-state index contributed by atoms with van der Waals surface area (Å²) in [7, 11) is 0. The van der Waals surface area contributed by atoms with Gasteiger partial charge in [0, 0.05) is 13.0 Å². The van der Waals surface area contributed by atoms with Crippen LogP contribution in [-0.2, 0) is 4.79 Å². The van der Waals surface area contributed by atoms with Crippen molar-refractivity contribution in [3.63, 3.8) is 0 Å². The molecule has 1 atom stereocenters. The lowest BCUT2D eigenvalue weighted by atomic mass is 10.2. The van der Waals surface area contributed by atoms with E-state index in [-0.39, 0.29) is 12.3 Å². The minimum Gasteiger partial charge on any atom is -0.384 e. The van der Waals surface area contributed by atoms with E-state index in [1.54, 1.807) is 6.92 Å². The van der Waals surface area contributed by atoms with E-state index in [1.807, 2.05) is 0 Å². The van der Waals surface area contributed by atoms with Gasteiger partial charge >= 0.3 is 0 Å². The van der Waals surface area contributed by atoms with E-state index in [9.17, 15) is 4.79 Å². The molecule has 0 radical (unpaired) electrons. The highest BCUT2D eigenvalue weighted by Crippen LogP contribution is 1.86. The highest BCUT2D eigenvalue weighted by molar-refractivity contribution is 5.82. The van der Waals surface area contributed by atoms with Crippen molar-refractivity contribution in [3.8, 4) is 0 Å². The summed E-state index contributed by atoms with van der Waals surface area (Å²) in [5.41, 5.74) is 4.98. The summed E-state index contributed by atoms with van der Waals surface area (Å²) in [5, 5.41) is 8.65. The summed E-state index contributed by atoms with van der Waals surface area (Å²) in [4.78, 5) is 10.4. The zero-order valence-corrected chi connectivity index (χ0v) is 4.92. The van der Waals surface area contributed by atoms with Gasteiger partial charge < -0.3 is 10.8 Å². The Hall–Kier alpha value is -0.410. The van der Waals surface area contributed by atoms with Gasteiger partial charge in [0.1, 0.15) is 6.10 Å². The first kappa shape index (κ1) is 7.59. The zero-order chi connectivity index (χ0) is 6.57. The van der Waals surface area contributed by atoms with Crippen LogP contribution in [0.1, 0.15) is 13.3 Å². The smallest absolute Gasteiger partial charge is 0.162 e. The quantitative estimate of drug-likeness (QED) is 0.513. The van der Waals surface area contributed by atoms with Crippen LogP contribution < -0.4 is 5.73 Å². The van der Waals surface area contributed by atoms with Gasteiger partial charge in [-0.1, -0.05) is 6.92 Å². The molecule has 0 amide bonds. The van der Waals surface area contributed by atoms with Crippen LogP contribution in [0.4, 0.5) is 0 Å². The van der Waals surface area contributed by atoms with E-state index in [0.29, 0.717) is 6.42 Å². The molecule has 0 bridgehead atoms. The van der Waals surface area contributed by atoms with Gasteiger partial charge in [-0.25, -0.2) is 0 Å². The van der Waals surface area contributed by atoms with Gasteiger partial charge in [0.05, 0.1) is 0 Å². The summed E-state index contributed by atoms with van der Waals surface area (Å²) in [6, 6.07) is 0. The second-order valence-corrected chi connectivity index (χ2v) is 1.57. The van der Waals surface area contributed by atoms with E-state index in [2.05, 4.69) is 0 Å². The third kappa shape index (κ3) is 2.04. The molecule has 0 saturated heterocycles. The van der Waals surface area contributed by atoms with Gasteiger partial charge in [0.15, 0.2) is 5.78 Å². The van der Waals surface area contributed by atoms with Crippen LogP contribution in [0.3, 0.4) is 0 Å². The second-order valence-electron chi connectivity index (χ2n) is 1.57. The number of nitrogens with two attached hydrogens (primary N) is 1. The predicted molar refractivity (Wildman–Crippen MR) is 30.4 cm³/mol. The second kappa shape index (κ2) is 3.57. The first-order valence-electron chi connectivity index (χ1n) is 2.63. The van der Waals surface area contributed by atoms with E-state index in [0.717, 1.165) is 0 Å². The average Bonchev–Trinajstić information content (AvgIpc) is 1.84. The zero-order valence-electron chi connectivity index (χ0n) is 4.92. The number of rotatable bonds is 3. The summed E-state index contributed by atoms with van der Waals surface area (Å²) in [6.45, 7) is 1.73. The molecular weight excluding hydrogens is 106 g/mol. The van der Waals surface area contributed by atoms with E-state index >= 15 is 0 Å². The fourth-order valence-corrected chi connectivity index (χ4v) is 0.367. The van der Waals surface area contributed by atoms with Crippen molar-refractivity contribution in [3.05, 3.63) is 0 Å². The lowest BCUT2D eigenvalue weighted by Gasteiger charge is -2.01. The van der Waals surface area contributed by atoms with Gasteiger partial charge in [0.25, 0.3) is 0 Å². The van der Waals surface area contributed by atoms with Gasteiger partial charge in [-0.2, -0.15) is 0 Å². The van der Waals surface area contributed by atoms with Crippen LogP contribution >= 0.6 is 0 Å². The maximum absolute atomic E-state index is 10.4. The molecule has 0 rings (SSSR count). The largest absolute Gasteiger partial charge is 0.384 e. The summed E-state index contributed by atoms with van der Waals surface area (Å²) in [6.07, 6.45) is -0.585. The molecule has 48 valence electrons. The highest BCUT2D eigenvalue weighted by atomic mass is 16.3. The number of carbonyl (C=O) groups excluding carboxylic acids is 1. The van der Waals surface area contributed by atoms with E-state index in [4.69, 9.17) is 10.8 Å². The maximum Gasteiger partial charge on any atom is 0.162 e. The number of ketones is 1. The Balaban J connectivity index is 3.46. The summed E-state index contributed by atoms with van der Waals surface area (Å²) < 4.78 is 0. The number of carbonyl (C=O) groups is 1. The Morgan fingerprint density at radius 3 is 2.50 bits per heavy atom. The number of hydrogen-bond donors (Lipinski definition) is 2. The molecule has 0 aliphatic rings. The first-order chi connectivity index (χ1) is 3.72. The molecule has 0 heterocycles. The van der Waals surface area contributed by atoms with Crippen LogP contribution in [0, 0.1) is 0 Å². The average molecular weight is 117 g/mol. The SMILES string of the molecule is CCC(=O)[C@@H](O)CN. The van der Waals surface area contributed by atoms with Crippen molar-refractivity contribution in [2.75, 3.05) is 6.54 Å². The summed E-state index contributed by atoms with van der Waals surface area (Å²) in [5.74, 6) is -0.187. The molecule has 3 nitrogen and oxygen atoms in total.